The van der Waals surface area contributed by atoms with Crippen molar-refractivity contribution in [3.63, 3.8) is 0 Å². The van der Waals surface area contributed by atoms with Crippen molar-refractivity contribution in [1.82, 2.24) is 0 Å². The Bertz CT molecular complexity index is 549. The predicted molar refractivity (Wildman–Crippen MR) is 77.8 cm³/mol. The fourth-order valence-corrected chi connectivity index (χ4v) is 2.26. The lowest BCUT2D eigenvalue weighted by Crippen LogP contribution is -2.04. The molecule has 0 radical (unpaired) electrons. The van der Waals surface area contributed by atoms with Crippen LogP contribution in [0.5, 0.6) is 5.75 Å². The summed E-state index contributed by atoms with van der Waals surface area (Å²) in [6.45, 7) is 1.93. The van der Waals surface area contributed by atoms with E-state index in [1.165, 1.54) is 0 Å². The van der Waals surface area contributed by atoms with Crippen molar-refractivity contribution in [2.45, 2.75) is 19.4 Å². The number of aliphatic hydroxyl groups excluding tert-OH is 1. The van der Waals surface area contributed by atoms with Gasteiger partial charge in [-0.05, 0) is 41.8 Å². The summed E-state index contributed by atoms with van der Waals surface area (Å²) in [5, 5.41) is 11.0. The lowest BCUT2D eigenvalue weighted by molar-refractivity contribution is 0.177. The summed E-state index contributed by atoms with van der Waals surface area (Å²) in [4.78, 5) is 0. The third kappa shape index (κ3) is 3.28. The predicted octanol–water partition coefficient (Wildman–Crippen LogP) is 3.93. The van der Waals surface area contributed by atoms with Crippen molar-refractivity contribution in [2.75, 3.05) is 7.11 Å². The Morgan fingerprint density at radius 3 is 2.47 bits per heavy atom. The number of benzene rings is 2. The number of rotatable bonds is 4. The second kappa shape index (κ2) is 6.09. The maximum atomic E-state index is 10.3. The van der Waals surface area contributed by atoms with E-state index in [1.807, 2.05) is 49.4 Å². The van der Waals surface area contributed by atoms with Crippen LogP contribution in [-0.4, -0.2) is 12.2 Å². The molecule has 0 amide bonds. The number of halogens is 1. The molecular weight excluding hydrogens is 260 g/mol. The van der Waals surface area contributed by atoms with E-state index >= 15 is 0 Å². The summed E-state index contributed by atoms with van der Waals surface area (Å²) in [6.07, 6.45) is 0.0117. The van der Waals surface area contributed by atoms with Crippen LogP contribution in [0.4, 0.5) is 0 Å². The molecule has 0 saturated carbocycles. The average molecular weight is 277 g/mol. The molecule has 0 spiro atoms. The third-order valence-electron chi connectivity index (χ3n) is 3.26. The molecule has 0 aromatic heterocycles. The van der Waals surface area contributed by atoms with Gasteiger partial charge in [0.2, 0.25) is 0 Å². The Hall–Kier alpha value is -1.51. The van der Waals surface area contributed by atoms with Crippen LogP contribution in [0.2, 0.25) is 5.02 Å². The molecule has 1 N–H and O–H groups in total. The molecule has 19 heavy (non-hydrogen) atoms. The average Bonchev–Trinajstić information content (AvgIpc) is 2.42. The molecule has 0 aliphatic carbocycles. The van der Waals surface area contributed by atoms with Gasteiger partial charge in [0.25, 0.3) is 0 Å². The second-order valence-corrected chi connectivity index (χ2v) is 4.93. The minimum atomic E-state index is -0.549. The van der Waals surface area contributed by atoms with Crippen LogP contribution < -0.4 is 4.74 Å². The van der Waals surface area contributed by atoms with Crippen LogP contribution >= 0.6 is 11.6 Å². The summed E-state index contributed by atoms with van der Waals surface area (Å²) < 4.78 is 5.11. The van der Waals surface area contributed by atoms with Crippen LogP contribution in [-0.2, 0) is 6.42 Å². The molecule has 0 bridgehead atoms. The number of ether oxygens (including phenoxy) is 1. The monoisotopic (exact) mass is 276 g/mol. The Morgan fingerprint density at radius 1 is 1.16 bits per heavy atom. The maximum Gasteiger partial charge on any atom is 0.118 e. The molecule has 1 atom stereocenters. The zero-order valence-corrected chi connectivity index (χ0v) is 11.8. The Balaban J connectivity index is 2.15. The van der Waals surface area contributed by atoms with E-state index in [4.69, 9.17) is 16.3 Å². The van der Waals surface area contributed by atoms with Gasteiger partial charge in [0.15, 0.2) is 0 Å². The van der Waals surface area contributed by atoms with E-state index in [9.17, 15) is 5.11 Å². The fraction of sp³-hybridized carbons (Fsp3) is 0.250. The highest BCUT2D eigenvalue weighted by molar-refractivity contribution is 6.31. The highest BCUT2D eigenvalue weighted by Gasteiger charge is 2.12. The maximum absolute atomic E-state index is 10.3. The zero-order chi connectivity index (χ0) is 13.8. The van der Waals surface area contributed by atoms with E-state index < -0.39 is 6.10 Å². The normalized spacial score (nSPS) is 12.2. The van der Waals surface area contributed by atoms with Gasteiger partial charge in [-0.25, -0.2) is 0 Å². The number of methoxy groups -OCH3 is 1. The highest BCUT2D eigenvalue weighted by Crippen LogP contribution is 2.26. The molecule has 0 fully saturated rings. The number of hydrogen-bond acceptors (Lipinski definition) is 2. The first kappa shape index (κ1) is 13.9. The van der Waals surface area contributed by atoms with Crippen LogP contribution in [0.3, 0.4) is 0 Å². The van der Waals surface area contributed by atoms with Crippen molar-refractivity contribution in [2.24, 2.45) is 0 Å². The third-order valence-corrected chi connectivity index (χ3v) is 3.67. The topological polar surface area (TPSA) is 29.5 Å². The SMILES string of the molecule is COc1ccc(CC(O)c2cccc(Cl)c2C)cc1. The lowest BCUT2D eigenvalue weighted by atomic mass is 9.98. The minimum absolute atomic E-state index is 0.549. The van der Waals surface area contributed by atoms with Gasteiger partial charge in [0.1, 0.15) is 5.75 Å². The molecule has 0 aliphatic heterocycles. The molecule has 2 nitrogen and oxygen atoms in total. The first-order chi connectivity index (χ1) is 9.11. The van der Waals surface area contributed by atoms with Gasteiger partial charge in [-0.2, -0.15) is 0 Å². The summed E-state index contributed by atoms with van der Waals surface area (Å²) in [7, 11) is 1.64. The summed E-state index contributed by atoms with van der Waals surface area (Å²) in [5.74, 6) is 0.817. The molecule has 3 heteroatoms. The van der Waals surface area contributed by atoms with Crippen LogP contribution in [0, 0.1) is 6.92 Å². The number of aliphatic hydroxyl groups is 1. The quantitative estimate of drug-likeness (QED) is 0.917. The van der Waals surface area contributed by atoms with E-state index in [-0.39, 0.29) is 0 Å². The molecule has 0 saturated heterocycles. The Labute approximate surface area is 118 Å². The van der Waals surface area contributed by atoms with E-state index in [2.05, 4.69) is 0 Å². The number of hydrogen-bond donors (Lipinski definition) is 1. The molecule has 2 rings (SSSR count). The van der Waals surface area contributed by atoms with Crippen LogP contribution in [0.15, 0.2) is 42.5 Å². The van der Waals surface area contributed by atoms with Crippen molar-refractivity contribution >= 4 is 11.6 Å². The van der Waals surface area contributed by atoms with Gasteiger partial charge in [0.05, 0.1) is 13.2 Å². The van der Waals surface area contributed by atoms with Crippen molar-refractivity contribution in [3.8, 4) is 5.75 Å². The van der Waals surface area contributed by atoms with E-state index in [0.717, 1.165) is 22.4 Å². The van der Waals surface area contributed by atoms with Gasteiger partial charge in [-0.1, -0.05) is 35.9 Å². The molecule has 0 heterocycles. The van der Waals surface area contributed by atoms with Gasteiger partial charge in [-0.3, -0.25) is 0 Å². The highest BCUT2D eigenvalue weighted by atomic mass is 35.5. The molecule has 100 valence electrons. The fourth-order valence-electron chi connectivity index (χ4n) is 2.08. The Kier molecular flexibility index (Phi) is 4.46. The first-order valence-corrected chi connectivity index (χ1v) is 6.55. The van der Waals surface area contributed by atoms with Crippen LogP contribution in [0.1, 0.15) is 22.8 Å². The smallest absolute Gasteiger partial charge is 0.118 e. The molecule has 0 aliphatic rings. The van der Waals surface area contributed by atoms with Gasteiger partial charge in [0, 0.05) is 11.4 Å². The second-order valence-electron chi connectivity index (χ2n) is 4.52. The van der Waals surface area contributed by atoms with Crippen molar-refractivity contribution in [3.05, 3.63) is 64.2 Å². The van der Waals surface area contributed by atoms with Crippen molar-refractivity contribution < 1.29 is 9.84 Å². The standard InChI is InChI=1S/C16H17ClO2/c1-11-14(4-3-5-15(11)17)16(18)10-12-6-8-13(19-2)9-7-12/h3-9,16,18H,10H2,1-2H3. The molecule has 1 unspecified atom stereocenters. The molecule has 2 aromatic carbocycles. The van der Waals surface area contributed by atoms with E-state index in [0.29, 0.717) is 11.4 Å². The zero-order valence-electron chi connectivity index (χ0n) is 11.1. The molecule has 2 aromatic rings. The van der Waals surface area contributed by atoms with Gasteiger partial charge >= 0.3 is 0 Å². The summed E-state index contributed by atoms with van der Waals surface area (Å²) in [5.41, 5.74) is 2.88. The lowest BCUT2D eigenvalue weighted by Gasteiger charge is -2.15. The van der Waals surface area contributed by atoms with E-state index in [1.54, 1.807) is 7.11 Å². The largest absolute Gasteiger partial charge is 0.497 e. The van der Waals surface area contributed by atoms with Gasteiger partial charge in [-0.15, -0.1) is 0 Å². The first-order valence-electron chi connectivity index (χ1n) is 6.18. The summed E-state index contributed by atoms with van der Waals surface area (Å²) >= 11 is 6.07. The van der Waals surface area contributed by atoms with Gasteiger partial charge < -0.3 is 9.84 Å². The Morgan fingerprint density at radius 2 is 1.84 bits per heavy atom. The van der Waals surface area contributed by atoms with Crippen LogP contribution in [0.25, 0.3) is 0 Å². The minimum Gasteiger partial charge on any atom is -0.497 e. The van der Waals surface area contributed by atoms with Crippen molar-refractivity contribution in [1.29, 1.82) is 0 Å². The summed E-state index contributed by atoms with van der Waals surface area (Å²) in [6, 6.07) is 13.3. The molecular formula is C16H17ClO2.